The van der Waals surface area contributed by atoms with E-state index in [2.05, 4.69) is 69.2 Å². The standard InChI is InChI=1S/C39H80O4/c1-11-17-19-21-23-25-27-29-36(38(40-32(7)13-3)41-33(8)14-4)31-37(30-28-26-24-22-20-18-12-2)39(42-34(9)15-5)43-35(10)16-6/h32-39H,11-31H2,1-10H3. The Hall–Kier alpha value is -0.160. The summed E-state index contributed by atoms with van der Waals surface area (Å²) in [4.78, 5) is 0. The fourth-order valence-corrected chi connectivity index (χ4v) is 5.66. The van der Waals surface area contributed by atoms with Gasteiger partial charge in [0.05, 0.1) is 24.4 Å². The summed E-state index contributed by atoms with van der Waals surface area (Å²) >= 11 is 0. The second kappa shape index (κ2) is 29.3. The molecule has 0 fully saturated rings. The quantitative estimate of drug-likeness (QED) is 0.0559. The predicted molar refractivity (Wildman–Crippen MR) is 188 cm³/mol. The first-order chi connectivity index (χ1) is 20.8. The molecule has 4 nitrogen and oxygen atoms in total. The Balaban J connectivity index is 5.99. The molecule has 0 aliphatic rings. The lowest BCUT2D eigenvalue weighted by atomic mass is 9.85. The summed E-state index contributed by atoms with van der Waals surface area (Å²) in [5.41, 5.74) is 0. The van der Waals surface area contributed by atoms with Crippen molar-refractivity contribution in [3.63, 3.8) is 0 Å². The zero-order valence-electron chi connectivity index (χ0n) is 31.1. The topological polar surface area (TPSA) is 36.9 Å². The second-order valence-corrected chi connectivity index (χ2v) is 13.7. The van der Waals surface area contributed by atoms with E-state index in [0.717, 1.165) is 44.9 Å². The number of hydrogen-bond acceptors (Lipinski definition) is 4. The van der Waals surface area contributed by atoms with Crippen molar-refractivity contribution < 1.29 is 18.9 Å². The van der Waals surface area contributed by atoms with Gasteiger partial charge in [0.25, 0.3) is 0 Å². The summed E-state index contributed by atoms with van der Waals surface area (Å²) in [6, 6.07) is 0. The fourth-order valence-electron chi connectivity index (χ4n) is 5.66. The van der Waals surface area contributed by atoms with Gasteiger partial charge in [-0.15, -0.1) is 0 Å². The third kappa shape index (κ3) is 22.9. The Morgan fingerprint density at radius 3 is 0.860 bits per heavy atom. The van der Waals surface area contributed by atoms with Crippen LogP contribution >= 0.6 is 0 Å². The van der Waals surface area contributed by atoms with Gasteiger partial charge in [-0.25, -0.2) is 0 Å². The molecular weight excluding hydrogens is 532 g/mol. The lowest BCUT2D eigenvalue weighted by molar-refractivity contribution is -0.238. The van der Waals surface area contributed by atoms with E-state index in [4.69, 9.17) is 18.9 Å². The van der Waals surface area contributed by atoms with Crippen molar-refractivity contribution in [2.75, 3.05) is 0 Å². The molecule has 0 rings (SSSR count). The lowest BCUT2D eigenvalue weighted by Gasteiger charge is -2.37. The van der Waals surface area contributed by atoms with Gasteiger partial charge >= 0.3 is 0 Å². The molecule has 0 heterocycles. The number of unbranched alkanes of at least 4 members (excludes halogenated alkanes) is 12. The van der Waals surface area contributed by atoms with Crippen molar-refractivity contribution in [1.82, 2.24) is 0 Å². The summed E-state index contributed by atoms with van der Waals surface area (Å²) in [5.74, 6) is 0.688. The average Bonchev–Trinajstić information content (AvgIpc) is 3.01. The Kier molecular flexibility index (Phi) is 29.1. The summed E-state index contributed by atoms with van der Waals surface area (Å²) in [5, 5.41) is 0. The zero-order valence-corrected chi connectivity index (χ0v) is 31.1. The summed E-state index contributed by atoms with van der Waals surface area (Å²) < 4.78 is 26.8. The van der Waals surface area contributed by atoms with Crippen LogP contribution in [0.15, 0.2) is 0 Å². The highest BCUT2D eigenvalue weighted by atomic mass is 16.7. The van der Waals surface area contributed by atoms with Gasteiger partial charge in [0.2, 0.25) is 0 Å². The normalized spacial score (nSPS) is 17.7. The van der Waals surface area contributed by atoms with Gasteiger partial charge in [0, 0.05) is 11.8 Å². The van der Waals surface area contributed by atoms with Crippen molar-refractivity contribution in [2.45, 2.75) is 241 Å². The smallest absolute Gasteiger partial charge is 0.161 e. The van der Waals surface area contributed by atoms with E-state index in [-0.39, 0.29) is 37.0 Å². The van der Waals surface area contributed by atoms with Crippen molar-refractivity contribution >= 4 is 0 Å². The molecule has 0 radical (unpaired) electrons. The SMILES string of the molecule is CCCCCCCCCC(CC(CCCCCCCCC)C(OC(C)CC)OC(C)CC)C(OC(C)CC)OC(C)CC. The first-order valence-electron chi connectivity index (χ1n) is 19.4. The molecule has 0 aliphatic heterocycles. The van der Waals surface area contributed by atoms with Gasteiger partial charge in [-0.2, -0.15) is 0 Å². The largest absolute Gasteiger partial charge is 0.349 e. The molecule has 4 heteroatoms. The molecule has 43 heavy (non-hydrogen) atoms. The fraction of sp³-hybridized carbons (Fsp3) is 1.00. The van der Waals surface area contributed by atoms with Gasteiger partial charge in [-0.3, -0.25) is 0 Å². The highest BCUT2D eigenvalue weighted by Gasteiger charge is 2.33. The molecule has 0 aromatic carbocycles. The van der Waals surface area contributed by atoms with Crippen LogP contribution in [-0.4, -0.2) is 37.0 Å². The molecule has 0 amide bonds. The Bertz CT molecular complexity index is 497. The van der Waals surface area contributed by atoms with Gasteiger partial charge in [-0.1, -0.05) is 131 Å². The monoisotopic (exact) mass is 613 g/mol. The molecule has 0 aliphatic carbocycles. The van der Waals surface area contributed by atoms with Gasteiger partial charge in [0.15, 0.2) is 12.6 Å². The van der Waals surface area contributed by atoms with Crippen molar-refractivity contribution in [1.29, 1.82) is 0 Å². The van der Waals surface area contributed by atoms with Crippen LogP contribution in [-0.2, 0) is 18.9 Å². The molecule has 0 bridgehead atoms. The minimum absolute atomic E-state index is 0.172. The second-order valence-electron chi connectivity index (χ2n) is 13.7. The van der Waals surface area contributed by atoms with E-state index in [1.165, 1.54) is 89.9 Å². The molecular formula is C39H80O4. The number of ether oxygens (including phenoxy) is 4. The molecule has 6 atom stereocenters. The van der Waals surface area contributed by atoms with Crippen molar-refractivity contribution in [3.8, 4) is 0 Å². The number of rotatable bonds is 32. The maximum absolute atomic E-state index is 6.71. The summed E-state index contributed by atoms with van der Waals surface area (Å²) in [6.07, 6.45) is 26.4. The van der Waals surface area contributed by atoms with E-state index in [1.807, 2.05) is 0 Å². The van der Waals surface area contributed by atoms with Crippen LogP contribution < -0.4 is 0 Å². The minimum atomic E-state index is -0.172. The Labute approximate surface area is 271 Å². The van der Waals surface area contributed by atoms with Crippen LogP contribution in [0.4, 0.5) is 0 Å². The molecule has 0 spiro atoms. The zero-order chi connectivity index (χ0) is 32.3. The van der Waals surface area contributed by atoms with E-state index in [0.29, 0.717) is 11.8 Å². The van der Waals surface area contributed by atoms with Crippen LogP contribution in [0.25, 0.3) is 0 Å². The van der Waals surface area contributed by atoms with E-state index in [9.17, 15) is 0 Å². The maximum atomic E-state index is 6.71. The molecule has 0 aromatic heterocycles. The summed E-state index contributed by atoms with van der Waals surface area (Å²) in [6.45, 7) is 22.3. The van der Waals surface area contributed by atoms with Gasteiger partial charge in [-0.05, 0) is 72.6 Å². The molecule has 0 N–H and O–H groups in total. The molecule has 6 unspecified atom stereocenters. The molecule has 260 valence electrons. The van der Waals surface area contributed by atoms with E-state index >= 15 is 0 Å². The maximum Gasteiger partial charge on any atom is 0.161 e. The average molecular weight is 613 g/mol. The van der Waals surface area contributed by atoms with Crippen LogP contribution in [0.3, 0.4) is 0 Å². The van der Waals surface area contributed by atoms with Crippen LogP contribution in [0.1, 0.15) is 204 Å². The summed E-state index contributed by atoms with van der Waals surface area (Å²) in [7, 11) is 0. The number of hydrogen-bond donors (Lipinski definition) is 0. The lowest BCUT2D eigenvalue weighted by Crippen LogP contribution is -2.39. The molecule has 0 saturated heterocycles. The Morgan fingerprint density at radius 2 is 0.605 bits per heavy atom. The molecule has 0 aromatic rings. The van der Waals surface area contributed by atoms with Gasteiger partial charge < -0.3 is 18.9 Å². The van der Waals surface area contributed by atoms with Gasteiger partial charge in [0.1, 0.15) is 0 Å². The van der Waals surface area contributed by atoms with Crippen LogP contribution in [0, 0.1) is 11.8 Å². The van der Waals surface area contributed by atoms with E-state index in [1.54, 1.807) is 0 Å². The molecule has 0 saturated carbocycles. The minimum Gasteiger partial charge on any atom is -0.349 e. The van der Waals surface area contributed by atoms with E-state index < -0.39 is 0 Å². The predicted octanol–water partition coefficient (Wildman–Crippen LogP) is 12.8. The third-order valence-corrected chi connectivity index (χ3v) is 9.50. The Morgan fingerprint density at radius 1 is 0.349 bits per heavy atom. The third-order valence-electron chi connectivity index (χ3n) is 9.50. The first kappa shape index (κ1) is 42.8. The highest BCUT2D eigenvalue weighted by Crippen LogP contribution is 2.34. The first-order valence-corrected chi connectivity index (χ1v) is 19.4. The van der Waals surface area contributed by atoms with Crippen molar-refractivity contribution in [2.24, 2.45) is 11.8 Å². The van der Waals surface area contributed by atoms with Crippen LogP contribution in [0.5, 0.6) is 0 Å². The van der Waals surface area contributed by atoms with Crippen molar-refractivity contribution in [3.05, 3.63) is 0 Å². The van der Waals surface area contributed by atoms with Crippen LogP contribution in [0.2, 0.25) is 0 Å². The highest BCUT2D eigenvalue weighted by molar-refractivity contribution is 4.76.